The fraction of sp³-hybridized carbons (Fsp3) is 0.500. The van der Waals surface area contributed by atoms with Crippen LogP contribution >= 0.6 is 0 Å². The number of aliphatic hydroxyl groups is 1. The average Bonchev–Trinajstić information content (AvgIpc) is 2.59. The highest BCUT2D eigenvalue weighted by atomic mass is 32.2. The zero-order chi connectivity index (χ0) is 11.7. The second kappa shape index (κ2) is 4.32. The lowest BCUT2D eigenvalue weighted by molar-refractivity contribution is -0.00702. The van der Waals surface area contributed by atoms with E-state index in [9.17, 15) is 9.00 Å². The van der Waals surface area contributed by atoms with Crippen molar-refractivity contribution in [2.75, 3.05) is 18.1 Å². The van der Waals surface area contributed by atoms with Crippen molar-refractivity contribution in [1.29, 1.82) is 0 Å². The van der Waals surface area contributed by atoms with Gasteiger partial charge in [0.1, 0.15) is 5.82 Å². The lowest BCUT2D eigenvalue weighted by Gasteiger charge is -2.12. The van der Waals surface area contributed by atoms with E-state index in [0.29, 0.717) is 0 Å². The lowest BCUT2D eigenvalue weighted by atomic mass is 10.5. The highest BCUT2D eigenvalue weighted by molar-refractivity contribution is 7.85. The molecule has 0 saturated carbocycles. The van der Waals surface area contributed by atoms with Crippen LogP contribution in [0.25, 0.3) is 0 Å². The maximum absolute atomic E-state index is 11.5. The number of nitrogen functional groups attached to an aromatic ring is 1. The minimum absolute atomic E-state index is 0.124. The quantitative estimate of drug-likeness (QED) is 0.651. The third-order valence-electron chi connectivity index (χ3n) is 2.22. The first-order chi connectivity index (χ1) is 7.61. The van der Waals surface area contributed by atoms with E-state index in [0.717, 1.165) is 0 Å². The second-order valence-electron chi connectivity index (χ2n) is 3.29. The number of aliphatic hydroxyl groups excluding tert-OH is 1. The predicted octanol–water partition coefficient (Wildman–Crippen LogP) is -1.58. The Morgan fingerprint density at radius 1 is 1.75 bits per heavy atom. The van der Waals surface area contributed by atoms with Gasteiger partial charge < -0.3 is 15.6 Å². The molecule has 7 nitrogen and oxygen atoms in total. The SMILES string of the molecule is Nc1ccn([C@@H]2CS(=O)[C@H](CO)O2)c(=O)n1. The van der Waals surface area contributed by atoms with E-state index in [-0.39, 0.29) is 18.2 Å². The van der Waals surface area contributed by atoms with Gasteiger partial charge in [-0.3, -0.25) is 8.78 Å². The monoisotopic (exact) mass is 245 g/mol. The van der Waals surface area contributed by atoms with Gasteiger partial charge >= 0.3 is 5.69 Å². The number of hydrogen-bond acceptors (Lipinski definition) is 6. The number of anilines is 1. The van der Waals surface area contributed by atoms with Crippen LogP contribution in [0.3, 0.4) is 0 Å². The van der Waals surface area contributed by atoms with Gasteiger partial charge in [0.25, 0.3) is 0 Å². The molecule has 2 rings (SSSR count). The first-order valence-electron chi connectivity index (χ1n) is 4.60. The Labute approximate surface area is 93.3 Å². The van der Waals surface area contributed by atoms with Crippen molar-refractivity contribution >= 4 is 16.6 Å². The zero-order valence-electron chi connectivity index (χ0n) is 8.28. The van der Waals surface area contributed by atoms with Gasteiger partial charge in [0.05, 0.1) is 23.2 Å². The van der Waals surface area contributed by atoms with E-state index in [1.807, 2.05) is 0 Å². The van der Waals surface area contributed by atoms with Crippen molar-refractivity contribution in [1.82, 2.24) is 9.55 Å². The third-order valence-corrected chi connectivity index (χ3v) is 3.68. The van der Waals surface area contributed by atoms with Gasteiger partial charge in [0.15, 0.2) is 11.7 Å². The number of nitrogens with zero attached hydrogens (tertiary/aromatic N) is 2. The largest absolute Gasteiger partial charge is 0.393 e. The first-order valence-corrected chi connectivity index (χ1v) is 5.98. The van der Waals surface area contributed by atoms with Gasteiger partial charge in [-0.1, -0.05) is 0 Å². The molecular formula is C8H11N3O4S. The molecule has 0 amide bonds. The van der Waals surface area contributed by atoms with Gasteiger partial charge in [-0.15, -0.1) is 0 Å². The fourth-order valence-electron chi connectivity index (χ4n) is 1.44. The van der Waals surface area contributed by atoms with Gasteiger partial charge in [0.2, 0.25) is 0 Å². The number of rotatable bonds is 2. The smallest absolute Gasteiger partial charge is 0.351 e. The summed E-state index contributed by atoms with van der Waals surface area (Å²) in [6, 6.07) is 1.46. The van der Waals surface area contributed by atoms with Crippen molar-refractivity contribution in [3.8, 4) is 0 Å². The molecule has 3 atom stereocenters. The van der Waals surface area contributed by atoms with Crippen LogP contribution in [-0.2, 0) is 15.5 Å². The molecule has 0 spiro atoms. The van der Waals surface area contributed by atoms with Crippen LogP contribution in [0.5, 0.6) is 0 Å². The van der Waals surface area contributed by atoms with Gasteiger partial charge in [0, 0.05) is 6.20 Å². The van der Waals surface area contributed by atoms with E-state index < -0.39 is 28.2 Å². The first kappa shape index (κ1) is 11.2. The van der Waals surface area contributed by atoms with Gasteiger partial charge in [-0.05, 0) is 6.07 Å². The van der Waals surface area contributed by atoms with Gasteiger partial charge in [-0.25, -0.2) is 4.79 Å². The van der Waals surface area contributed by atoms with Crippen LogP contribution in [-0.4, -0.2) is 36.7 Å². The van der Waals surface area contributed by atoms with E-state index in [1.165, 1.54) is 16.8 Å². The summed E-state index contributed by atoms with van der Waals surface area (Å²) in [5.74, 6) is 0.288. The second-order valence-corrected chi connectivity index (χ2v) is 4.91. The number of hydrogen-bond donors (Lipinski definition) is 2. The standard InChI is InChI=1S/C8H11N3O4S/c9-5-1-2-11(8(13)10-5)6-4-16(14)7(3-12)15-6/h1-2,6-7,12H,3-4H2,(H2,9,10,13)/t6-,7+,16?/m0/s1. The summed E-state index contributed by atoms with van der Waals surface area (Å²) >= 11 is 0. The maximum atomic E-state index is 11.5. The van der Waals surface area contributed by atoms with Gasteiger partial charge in [-0.2, -0.15) is 4.98 Å². The number of aromatic nitrogens is 2. The summed E-state index contributed by atoms with van der Waals surface area (Å²) in [5, 5.41) is 8.87. The molecule has 1 saturated heterocycles. The maximum Gasteiger partial charge on any atom is 0.351 e. The molecule has 88 valence electrons. The molecule has 0 aliphatic carbocycles. The molecule has 2 heterocycles. The van der Waals surface area contributed by atoms with E-state index in [2.05, 4.69) is 4.98 Å². The Hall–Kier alpha value is -1.25. The molecular weight excluding hydrogens is 234 g/mol. The van der Waals surface area contributed by atoms with Crippen molar-refractivity contribution < 1.29 is 14.1 Å². The molecule has 0 aromatic carbocycles. The highest BCUT2D eigenvalue weighted by Gasteiger charge is 2.33. The topological polar surface area (TPSA) is 107 Å². The summed E-state index contributed by atoms with van der Waals surface area (Å²) in [6.45, 7) is -0.333. The van der Waals surface area contributed by atoms with Crippen molar-refractivity contribution in [2.45, 2.75) is 11.7 Å². The van der Waals surface area contributed by atoms with E-state index in [1.54, 1.807) is 0 Å². The molecule has 1 unspecified atom stereocenters. The van der Waals surface area contributed by atoms with Crippen LogP contribution in [0.1, 0.15) is 6.23 Å². The van der Waals surface area contributed by atoms with Crippen LogP contribution in [0.15, 0.2) is 17.1 Å². The minimum Gasteiger partial charge on any atom is -0.393 e. The van der Waals surface area contributed by atoms with Crippen LogP contribution < -0.4 is 11.4 Å². The molecule has 0 radical (unpaired) electrons. The van der Waals surface area contributed by atoms with Crippen LogP contribution in [0.2, 0.25) is 0 Å². The molecule has 3 N–H and O–H groups in total. The third kappa shape index (κ3) is 1.99. The zero-order valence-corrected chi connectivity index (χ0v) is 9.09. The molecule has 1 aliphatic rings. The lowest BCUT2D eigenvalue weighted by Crippen LogP contribution is -2.28. The summed E-state index contributed by atoms with van der Waals surface area (Å²) in [6.07, 6.45) is 0.783. The van der Waals surface area contributed by atoms with Crippen LogP contribution in [0.4, 0.5) is 5.82 Å². The molecule has 16 heavy (non-hydrogen) atoms. The molecule has 1 aliphatic heterocycles. The Bertz CT molecular complexity index is 475. The summed E-state index contributed by atoms with van der Waals surface area (Å²) < 4.78 is 17.9. The Balaban J connectivity index is 2.27. The summed E-state index contributed by atoms with van der Waals surface area (Å²) in [5.41, 5.74) is 4.05. The molecule has 8 heteroatoms. The van der Waals surface area contributed by atoms with Crippen molar-refractivity contribution in [3.05, 3.63) is 22.7 Å². The molecule has 1 aromatic rings. The molecule has 1 fully saturated rings. The average molecular weight is 245 g/mol. The number of nitrogens with two attached hydrogens (primary N) is 1. The molecule has 0 bridgehead atoms. The van der Waals surface area contributed by atoms with Crippen LogP contribution in [0, 0.1) is 0 Å². The van der Waals surface area contributed by atoms with Crippen molar-refractivity contribution in [3.63, 3.8) is 0 Å². The predicted molar refractivity (Wildman–Crippen MR) is 56.9 cm³/mol. The summed E-state index contributed by atoms with van der Waals surface area (Å²) in [4.78, 5) is 15.0. The fourth-order valence-corrected chi connectivity index (χ4v) is 2.59. The Morgan fingerprint density at radius 2 is 2.50 bits per heavy atom. The van der Waals surface area contributed by atoms with E-state index in [4.69, 9.17) is 15.6 Å². The van der Waals surface area contributed by atoms with Crippen molar-refractivity contribution in [2.24, 2.45) is 0 Å². The number of ether oxygens (including phenoxy) is 1. The summed E-state index contributed by atoms with van der Waals surface area (Å²) in [7, 11) is -1.30. The normalized spacial score (nSPS) is 29.4. The Morgan fingerprint density at radius 3 is 3.06 bits per heavy atom. The molecule has 1 aromatic heterocycles. The Kier molecular flexibility index (Phi) is 3.03. The minimum atomic E-state index is -1.30. The van der Waals surface area contributed by atoms with E-state index >= 15 is 0 Å². The highest BCUT2D eigenvalue weighted by Crippen LogP contribution is 2.22.